The van der Waals surface area contributed by atoms with Crippen molar-refractivity contribution < 1.29 is 29.4 Å². The number of carboxylic acids is 1. The SMILES string of the molecule is O=C(CBr)Nc1nnc(SC2=C(C(=O)O)N3C(=O)[C@@H]4[C@H]3[C@H](C2)CN4C(=O)O)s1. The molecule has 1 aromatic heterocycles. The normalized spacial score (nSPS) is 25.5. The van der Waals surface area contributed by atoms with Gasteiger partial charge in [0.25, 0.3) is 5.91 Å². The van der Waals surface area contributed by atoms with Crippen LogP contribution in [-0.4, -0.2) is 78.0 Å². The Morgan fingerprint density at radius 2 is 2.07 bits per heavy atom. The Labute approximate surface area is 173 Å². The summed E-state index contributed by atoms with van der Waals surface area (Å²) < 4.78 is 0.412. The van der Waals surface area contributed by atoms with Gasteiger partial charge >= 0.3 is 12.1 Å². The molecule has 3 aliphatic heterocycles. The molecule has 3 amide bonds. The molecule has 0 aliphatic carbocycles. The number of carboxylic acid groups (broad SMARTS) is 2. The zero-order valence-electron chi connectivity index (χ0n) is 13.9. The van der Waals surface area contributed by atoms with Crippen molar-refractivity contribution in [1.82, 2.24) is 20.0 Å². The number of carbonyl (C=O) groups excluding carboxylic acids is 2. The molecular formula is C14H12BrN5O6S2. The molecule has 3 aliphatic rings. The van der Waals surface area contributed by atoms with Gasteiger partial charge in [0.1, 0.15) is 11.7 Å². The Kier molecular flexibility index (Phi) is 4.79. The highest BCUT2D eigenvalue weighted by molar-refractivity contribution is 9.09. The second-order valence-electron chi connectivity index (χ2n) is 6.28. The summed E-state index contributed by atoms with van der Waals surface area (Å²) in [5.41, 5.74) is -0.138. The monoisotopic (exact) mass is 489 g/mol. The van der Waals surface area contributed by atoms with Gasteiger partial charge in [-0.25, -0.2) is 9.59 Å². The third kappa shape index (κ3) is 2.95. The standard InChI is InChI=1S/C14H12BrN5O6S2/c15-2-6(21)16-12-17-18-13(28-12)27-5-1-4-3-19(14(25)26)9-7(4)20(10(9)22)8(5)11(23)24/h4,7,9H,1-3H2,(H,23,24)(H,25,26)(H,16,17,21)/t4-,7-,9+/m1/s1. The molecule has 4 rings (SSSR count). The molecule has 4 heterocycles. The van der Waals surface area contributed by atoms with Gasteiger partial charge in [-0.15, -0.1) is 10.2 Å². The first kappa shape index (κ1) is 19.1. The van der Waals surface area contributed by atoms with Crippen molar-refractivity contribution in [2.24, 2.45) is 5.92 Å². The molecule has 3 atom stereocenters. The maximum Gasteiger partial charge on any atom is 0.408 e. The number of nitrogens with zero attached hydrogens (tertiary/aromatic N) is 4. The molecule has 11 nitrogen and oxygen atoms in total. The van der Waals surface area contributed by atoms with Crippen LogP contribution in [0.25, 0.3) is 0 Å². The first-order valence-corrected chi connectivity index (χ1v) is 10.7. The number of halogens is 1. The summed E-state index contributed by atoms with van der Waals surface area (Å²) in [6.45, 7) is 0.173. The van der Waals surface area contributed by atoms with E-state index in [2.05, 4.69) is 31.4 Å². The topological polar surface area (TPSA) is 153 Å². The molecule has 2 saturated heterocycles. The number of rotatable bonds is 5. The molecule has 1 aromatic rings. The minimum absolute atomic E-state index is 0.102. The number of thioether (sulfide) groups is 1. The molecule has 2 fully saturated rings. The van der Waals surface area contributed by atoms with Gasteiger partial charge in [-0.1, -0.05) is 39.0 Å². The third-order valence-electron chi connectivity index (χ3n) is 4.75. The van der Waals surface area contributed by atoms with E-state index in [1.54, 1.807) is 0 Å². The van der Waals surface area contributed by atoms with Crippen molar-refractivity contribution in [2.75, 3.05) is 17.2 Å². The zero-order chi connectivity index (χ0) is 20.2. The Morgan fingerprint density at radius 1 is 1.32 bits per heavy atom. The van der Waals surface area contributed by atoms with Crippen LogP contribution in [-0.2, 0) is 14.4 Å². The molecule has 0 unspecified atom stereocenters. The van der Waals surface area contributed by atoms with Gasteiger partial charge in [0.15, 0.2) is 4.34 Å². The van der Waals surface area contributed by atoms with Gasteiger partial charge in [-0.05, 0) is 6.42 Å². The van der Waals surface area contributed by atoms with Crippen molar-refractivity contribution in [3.8, 4) is 0 Å². The second kappa shape index (κ2) is 7.00. The Hall–Kier alpha value is -2.19. The van der Waals surface area contributed by atoms with Gasteiger partial charge < -0.3 is 10.2 Å². The predicted octanol–water partition coefficient (Wildman–Crippen LogP) is 0.853. The van der Waals surface area contributed by atoms with E-state index < -0.39 is 30.1 Å². The van der Waals surface area contributed by atoms with E-state index in [0.717, 1.165) is 28.0 Å². The predicted molar refractivity (Wildman–Crippen MR) is 100 cm³/mol. The summed E-state index contributed by atoms with van der Waals surface area (Å²) in [4.78, 5) is 49.8. The quantitative estimate of drug-likeness (QED) is 0.310. The van der Waals surface area contributed by atoms with Gasteiger partial charge in [0.05, 0.1) is 11.4 Å². The van der Waals surface area contributed by atoms with E-state index in [1.807, 2.05) is 0 Å². The molecule has 3 N–H and O–H groups in total. The summed E-state index contributed by atoms with van der Waals surface area (Å²) >= 11 is 5.17. The van der Waals surface area contributed by atoms with E-state index >= 15 is 0 Å². The van der Waals surface area contributed by atoms with Crippen LogP contribution in [0.5, 0.6) is 0 Å². The number of β-lactam (4-membered cyclic amide) rings is 1. The van der Waals surface area contributed by atoms with Crippen molar-refractivity contribution in [1.29, 1.82) is 0 Å². The van der Waals surface area contributed by atoms with E-state index in [4.69, 9.17) is 0 Å². The summed E-state index contributed by atoms with van der Waals surface area (Å²) in [6.07, 6.45) is -0.862. The van der Waals surface area contributed by atoms with Crippen LogP contribution in [0.1, 0.15) is 6.42 Å². The number of amides is 3. The number of hydrogen-bond donors (Lipinski definition) is 3. The number of aromatic nitrogens is 2. The molecule has 0 bridgehead atoms. The number of aliphatic carboxylic acids is 1. The Balaban J connectivity index is 1.61. The number of nitrogens with one attached hydrogen (secondary N) is 1. The molecule has 14 heteroatoms. The molecular weight excluding hydrogens is 478 g/mol. The van der Waals surface area contributed by atoms with Gasteiger partial charge in [-0.2, -0.15) is 0 Å². The fraction of sp³-hybridized carbons (Fsp3) is 0.429. The van der Waals surface area contributed by atoms with E-state index in [9.17, 15) is 29.4 Å². The summed E-state index contributed by atoms with van der Waals surface area (Å²) in [7, 11) is 0. The zero-order valence-corrected chi connectivity index (χ0v) is 17.1. The molecule has 0 radical (unpaired) electrons. The van der Waals surface area contributed by atoms with Gasteiger partial charge in [0.2, 0.25) is 11.0 Å². The minimum Gasteiger partial charge on any atom is -0.477 e. The lowest BCUT2D eigenvalue weighted by Gasteiger charge is -2.49. The molecule has 0 spiro atoms. The molecule has 0 saturated carbocycles. The lowest BCUT2D eigenvalue weighted by atomic mass is 9.82. The van der Waals surface area contributed by atoms with Crippen molar-refractivity contribution >= 4 is 68.0 Å². The summed E-state index contributed by atoms with van der Waals surface area (Å²) in [6, 6.07) is -1.25. The van der Waals surface area contributed by atoms with Crippen LogP contribution < -0.4 is 5.32 Å². The second-order valence-corrected chi connectivity index (χ2v) is 9.16. The van der Waals surface area contributed by atoms with E-state index in [1.165, 1.54) is 4.90 Å². The largest absolute Gasteiger partial charge is 0.477 e. The number of hydrogen-bond acceptors (Lipinski definition) is 8. The first-order valence-electron chi connectivity index (χ1n) is 7.98. The maximum atomic E-state index is 12.5. The highest BCUT2D eigenvalue weighted by Gasteiger charge is 2.64. The van der Waals surface area contributed by atoms with Crippen molar-refractivity contribution in [2.45, 2.75) is 22.8 Å². The fourth-order valence-electron chi connectivity index (χ4n) is 3.74. The Bertz CT molecular complexity index is 935. The van der Waals surface area contributed by atoms with E-state index in [0.29, 0.717) is 15.7 Å². The summed E-state index contributed by atoms with van der Waals surface area (Å²) in [5.74, 6) is -2.24. The number of alkyl halides is 1. The van der Waals surface area contributed by atoms with Crippen LogP contribution >= 0.6 is 39.0 Å². The van der Waals surface area contributed by atoms with Crippen LogP contribution in [0.15, 0.2) is 14.9 Å². The number of anilines is 1. The van der Waals surface area contributed by atoms with Gasteiger partial charge in [0, 0.05) is 17.4 Å². The number of likely N-dealkylation sites (tertiary alicyclic amines) is 1. The smallest absolute Gasteiger partial charge is 0.408 e. The Morgan fingerprint density at radius 3 is 2.71 bits per heavy atom. The van der Waals surface area contributed by atoms with Crippen LogP contribution in [0.2, 0.25) is 0 Å². The minimum atomic E-state index is -1.25. The van der Waals surface area contributed by atoms with Crippen LogP contribution in [0.4, 0.5) is 9.93 Å². The molecule has 28 heavy (non-hydrogen) atoms. The molecule has 148 valence electrons. The maximum absolute atomic E-state index is 12.5. The highest BCUT2D eigenvalue weighted by atomic mass is 79.9. The fourth-order valence-corrected chi connectivity index (χ4v) is 5.95. The number of allylic oxidation sites excluding steroid dienone is 1. The summed E-state index contributed by atoms with van der Waals surface area (Å²) in [5, 5.41) is 29.7. The number of carbonyl (C=O) groups is 4. The first-order chi connectivity index (χ1) is 13.3. The highest BCUT2D eigenvalue weighted by Crippen LogP contribution is 2.50. The average molecular weight is 490 g/mol. The van der Waals surface area contributed by atoms with Crippen molar-refractivity contribution in [3.05, 3.63) is 10.6 Å². The van der Waals surface area contributed by atoms with Crippen LogP contribution in [0, 0.1) is 5.92 Å². The molecule has 0 aromatic carbocycles. The third-order valence-corrected chi connectivity index (χ3v) is 7.25. The lowest BCUT2D eigenvalue weighted by molar-refractivity contribution is -0.156. The van der Waals surface area contributed by atoms with Crippen molar-refractivity contribution in [3.63, 3.8) is 0 Å². The van der Waals surface area contributed by atoms with Gasteiger partial charge in [-0.3, -0.25) is 24.7 Å². The van der Waals surface area contributed by atoms with Crippen LogP contribution in [0.3, 0.4) is 0 Å². The van der Waals surface area contributed by atoms with E-state index in [-0.39, 0.29) is 34.5 Å². The average Bonchev–Trinajstić information content (AvgIpc) is 3.22. The lowest BCUT2D eigenvalue weighted by Crippen LogP contribution is -2.69.